The van der Waals surface area contributed by atoms with Crippen LogP contribution in [0.15, 0.2) is 30.3 Å². The molecule has 0 aromatic heterocycles. The zero-order valence-corrected chi connectivity index (χ0v) is 13.4. The van der Waals surface area contributed by atoms with E-state index < -0.39 is 0 Å². The Morgan fingerprint density at radius 3 is 2.52 bits per heavy atom. The number of methoxy groups -OCH3 is 1. The number of fused-ring (bicyclic) bond motifs is 2. The largest absolute Gasteiger partial charge is 0.474 e. The Morgan fingerprint density at radius 2 is 1.90 bits per heavy atom. The Labute approximate surface area is 132 Å². The number of likely N-dealkylation sites (tertiary alicyclic amines) is 1. The van der Waals surface area contributed by atoms with Gasteiger partial charge in [-0.25, -0.2) is 0 Å². The molecule has 4 heteroatoms. The summed E-state index contributed by atoms with van der Waals surface area (Å²) in [6.07, 6.45) is 3.95. The Balaban J connectivity index is 1.64. The van der Waals surface area contributed by atoms with Crippen LogP contribution in [0.25, 0.3) is 0 Å². The Bertz CT molecular complexity index is 465. The second-order valence-corrected chi connectivity index (χ2v) is 6.66. The molecule has 0 amide bonds. The fourth-order valence-corrected chi connectivity index (χ4v) is 4.07. The van der Waals surface area contributed by atoms with Crippen molar-refractivity contribution >= 4 is 17.4 Å². The normalized spacial score (nSPS) is 28.9. The van der Waals surface area contributed by atoms with Gasteiger partial charge in [-0.3, -0.25) is 4.90 Å². The van der Waals surface area contributed by atoms with Gasteiger partial charge in [-0.05, 0) is 42.5 Å². The Hall–Kier alpha value is -1.13. The summed E-state index contributed by atoms with van der Waals surface area (Å²) in [4.78, 5) is 2.61. The standard InChI is InChI=1S/C17H24N2OS/c1-20-17(21)18-16-14-8-5-9-15(16)12-19(11-14)10-13-6-3-2-4-7-13/h2-4,6-7,14-16H,5,8-12H2,1H3,(H,18,21). The minimum atomic E-state index is 0.498. The van der Waals surface area contributed by atoms with Crippen molar-refractivity contribution in [2.45, 2.75) is 31.8 Å². The molecule has 1 aromatic rings. The van der Waals surface area contributed by atoms with Crippen molar-refractivity contribution in [2.75, 3.05) is 20.2 Å². The zero-order chi connectivity index (χ0) is 14.7. The van der Waals surface area contributed by atoms with Gasteiger partial charge >= 0.3 is 0 Å². The zero-order valence-electron chi connectivity index (χ0n) is 12.6. The molecule has 1 N–H and O–H groups in total. The Kier molecular flexibility index (Phi) is 4.76. The van der Waals surface area contributed by atoms with E-state index in [2.05, 4.69) is 40.5 Å². The molecule has 2 bridgehead atoms. The monoisotopic (exact) mass is 304 g/mol. The molecule has 2 unspecified atom stereocenters. The predicted octanol–water partition coefficient (Wildman–Crippen LogP) is 2.81. The van der Waals surface area contributed by atoms with Crippen molar-refractivity contribution in [3.05, 3.63) is 35.9 Å². The highest BCUT2D eigenvalue weighted by Crippen LogP contribution is 2.35. The van der Waals surface area contributed by atoms with Crippen LogP contribution in [0.5, 0.6) is 0 Å². The van der Waals surface area contributed by atoms with Crippen LogP contribution in [0.4, 0.5) is 0 Å². The molecule has 1 saturated carbocycles. The number of piperidine rings is 1. The van der Waals surface area contributed by atoms with Crippen molar-refractivity contribution in [3.8, 4) is 0 Å². The van der Waals surface area contributed by atoms with E-state index in [0.29, 0.717) is 23.1 Å². The molecule has 1 aromatic carbocycles. The molecule has 114 valence electrons. The van der Waals surface area contributed by atoms with Crippen LogP contribution in [0.3, 0.4) is 0 Å². The van der Waals surface area contributed by atoms with Crippen molar-refractivity contribution in [1.82, 2.24) is 10.2 Å². The van der Waals surface area contributed by atoms with Crippen LogP contribution in [0.1, 0.15) is 24.8 Å². The fraction of sp³-hybridized carbons (Fsp3) is 0.588. The molecule has 1 saturated heterocycles. The number of ether oxygens (including phenoxy) is 1. The SMILES string of the molecule is COC(=S)NC1C2CCCC1CN(Cc1ccccc1)C2. The first-order valence-electron chi connectivity index (χ1n) is 7.87. The third-order valence-electron chi connectivity index (χ3n) is 4.87. The molecule has 21 heavy (non-hydrogen) atoms. The average molecular weight is 304 g/mol. The smallest absolute Gasteiger partial charge is 0.256 e. The van der Waals surface area contributed by atoms with Gasteiger partial charge in [0.1, 0.15) is 0 Å². The van der Waals surface area contributed by atoms with Crippen LogP contribution in [0, 0.1) is 11.8 Å². The van der Waals surface area contributed by atoms with E-state index in [4.69, 9.17) is 17.0 Å². The molecule has 2 atom stereocenters. The van der Waals surface area contributed by atoms with Crippen LogP contribution in [-0.2, 0) is 11.3 Å². The summed E-state index contributed by atoms with van der Waals surface area (Å²) in [5.41, 5.74) is 1.41. The summed E-state index contributed by atoms with van der Waals surface area (Å²) >= 11 is 5.20. The highest BCUT2D eigenvalue weighted by atomic mass is 32.1. The lowest BCUT2D eigenvalue weighted by molar-refractivity contribution is 0.0484. The van der Waals surface area contributed by atoms with E-state index in [1.807, 2.05) is 0 Å². The van der Waals surface area contributed by atoms with E-state index in [9.17, 15) is 0 Å². The molecular weight excluding hydrogens is 280 g/mol. The first kappa shape index (κ1) is 14.8. The number of benzene rings is 1. The molecule has 1 heterocycles. The van der Waals surface area contributed by atoms with Gasteiger partial charge in [0.25, 0.3) is 5.17 Å². The summed E-state index contributed by atoms with van der Waals surface area (Å²) < 4.78 is 5.15. The third kappa shape index (κ3) is 3.55. The highest BCUT2D eigenvalue weighted by molar-refractivity contribution is 7.80. The molecule has 0 radical (unpaired) electrons. The lowest BCUT2D eigenvalue weighted by Gasteiger charge is -2.47. The number of rotatable bonds is 3. The first-order chi connectivity index (χ1) is 10.3. The van der Waals surface area contributed by atoms with Gasteiger partial charge in [0.2, 0.25) is 0 Å². The topological polar surface area (TPSA) is 24.5 Å². The maximum Gasteiger partial charge on any atom is 0.256 e. The molecule has 3 nitrogen and oxygen atoms in total. The maximum absolute atomic E-state index is 5.20. The van der Waals surface area contributed by atoms with Crippen LogP contribution < -0.4 is 5.32 Å². The average Bonchev–Trinajstić information content (AvgIpc) is 2.49. The van der Waals surface area contributed by atoms with Crippen LogP contribution in [0.2, 0.25) is 0 Å². The maximum atomic E-state index is 5.20. The summed E-state index contributed by atoms with van der Waals surface area (Å²) in [5.74, 6) is 1.38. The van der Waals surface area contributed by atoms with Gasteiger partial charge in [0, 0.05) is 25.7 Å². The molecule has 2 aliphatic rings. The third-order valence-corrected chi connectivity index (χ3v) is 5.15. The summed E-state index contributed by atoms with van der Waals surface area (Å²) in [6, 6.07) is 11.3. The molecule has 2 fully saturated rings. The van der Waals surface area contributed by atoms with E-state index in [1.54, 1.807) is 7.11 Å². The number of thiocarbonyl (C=S) groups is 1. The summed E-state index contributed by atoms with van der Waals surface area (Å²) in [5, 5.41) is 3.99. The van der Waals surface area contributed by atoms with Crippen molar-refractivity contribution < 1.29 is 4.74 Å². The van der Waals surface area contributed by atoms with Crippen molar-refractivity contribution in [3.63, 3.8) is 0 Å². The molecule has 0 spiro atoms. The minimum Gasteiger partial charge on any atom is -0.474 e. The molecular formula is C17H24N2OS. The van der Waals surface area contributed by atoms with Gasteiger partial charge < -0.3 is 10.1 Å². The second-order valence-electron chi connectivity index (χ2n) is 6.29. The first-order valence-corrected chi connectivity index (χ1v) is 8.28. The Morgan fingerprint density at radius 1 is 1.24 bits per heavy atom. The molecule has 1 aliphatic heterocycles. The number of hydrogen-bond donors (Lipinski definition) is 1. The van der Waals surface area contributed by atoms with Crippen molar-refractivity contribution in [1.29, 1.82) is 0 Å². The second kappa shape index (κ2) is 6.75. The highest BCUT2D eigenvalue weighted by Gasteiger charge is 2.39. The van der Waals surface area contributed by atoms with E-state index in [1.165, 1.54) is 24.8 Å². The predicted molar refractivity (Wildman–Crippen MR) is 89.1 cm³/mol. The minimum absolute atomic E-state index is 0.498. The van der Waals surface area contributed by atoms with E-state index in [0.717, 1.165) is 19.6 Å². The van der Waals surface area contributed by atoms with Crippen LogP contribution >= 0.6 is 12.2 Å². The van der Waals surface area contributed by atoms with Crippen molar-refractivity contribution in [2.24, 2.45) is 11.8 Å². The number of hydrogen-bond acceptors (Lipinski definition) is 3. The number of nitrogens with zero attached hydrogens (tertiary/aromatic N) is 1. The summed E-state index contributed by atoms with van der Waals surface area (Å²) in [7, 11) is 1.65. The quantitative estimate of drug-likeness (QED) is 0.868. The van der Waals surface area contributed by atoms with E-state index in [-0.39, 0.29) is 0 Å². The number of nitrogens with one attached hydrogen (secondary N) is 1. The van der Waals surface area contributed by atoms with Gasteiger partial charge in [-0.15, -0.1) is 0 Å². The van der Waals surface area contributed by atoms with Gasteiger partial charge in [0.05, 0.1) is 7.11 Å². The lowest BCUT2D eigenvalue weighted by atomic mass is 9.73. The van der Waals surface area contributed by atoms with E-state index >= 15 is 0 Å². The van der Waals surface area contributed by atoms with Gasteiger partial charge in [-0.2, -0.15) is 0 Å². The molecule has 1 aliphatic carbocycles. The lowest BCUT2D eigenvalue weighted by Crippen LogP contribution is -2.57. The van der Waals surface area contributed by atoms with Crippen LogP contribution in [-0.4, -0.2) is 36.3 Å². The fourth-order valence-electron chi connectivity index (χ4n) is 3.94. The van der Waals surface area contributed by atoms with Gasteiger partial charge in [0.15, 0.2) is 0 Å². The van der Waals surface area contributed by atoms with Gasteiger partial charge in [-0.1, -0.05) is 36.8 Å². The molecule has 3 rings (SSSR count). The summed E-state index contributed by atoms with van der Waals surface area (Å²) in [6.45, 7) is 3.39.